The van der Waals surface area contributed by atoms with Crippen LogP contribution < -0.4 is 24.8 Å². The van der Waals surface area contributed by atoms with E-state index in [0.717, 1.165) is 11.3 Å². The fraction of sp³-hybridized carbons (Fsp3) is 0.190. The molecule has 0 atom stereocenters. The van der Waals surface area contributed by atoms with Crippen LogP contribution in [0.15, 0.2) is 48.8 Å². The zero-order valence-electron chi connectivity index (χ0n) is 16.9. The van der Waals surface area contributed by atoms with Gasteiger partial charge in [0.15, 0.2) is 23.0 Å². The minimum atomic E-state index is 0.516. The average molecular weight is 406 g/mol. The van der Waals surface area contributed by atoms with Crippen molar-refractivity contribution < 1.29 is 14.2 Å². The van der Waals surface area contributed by atoms with Gasteiger partial charge in [0.05, 0.1) is 21.3 Å². The van der Waals surface area contributed by atoms with Crippen molar-refractivity contribution in [2.75, 3.05) is 32.0 Å². The van der Waals surface area contributed by atoms with Crippen molar-refractivity contribution in [1.29, 1.82) is 0 Å². The standard InChI is InChI=1S/C21H22N6O3/c1-28-15-9-14(10-16(29-2)18(15)30-3)25-21-26-17-19(23-12-24-20(17)27-21)22-11-13-7-5-4-6-8-13/h4-10,12H,11H2,1-3H3,(H3,22,23,24,25,26,27). The highest BCUT2D eigenvalue weighted by Crippen LogP contribution is 2.40. The molecule has 30 heavy (non-hydrogen) atoms. The first-order valence-corrected chi connectivity index (χ1v) is 9.27. The predicted molar refractivity (Wildman–Crippen MR) is 115 cm³/mol. The van der Waals surface area contributed by atoms with Gasteiger partial charge in [-0.15, -0.1) is 0 Å². The Morgan fingerprint density at radius 2 is 1.67 bits per heavy atom. The summed E-state index contributed by atoms with van der Waals surface area (Å²) in [5, 5.41) is 6.54. The normalized spacial score (nSPS) is 10.6. The van der Waals surface area contributed by atoms with Gasteiger partial charge in [0.25, 0.3) is 0 Å². The number of hydrogen-bond donors (Lipinski definition) is 3. The van der Waals surface area contributed by atoms with Crippen LogP contribution in [0.5, 0.6) is 17.2 Å². The first kappa shape index (κ1) is 19.3. The van der Waals surface area contributed by atoms with Crippen molar-refractivity contribution >= 4 is 28.6 Å². The minimum Gasteiger partial charge on any atom is -0.493 e. The molecule has 0 amide bonds. The van der Waals surface area contributed by atoms with E-state index in [2.05, 4.69) is 42.7 Å². The van der Waals surface area contributed by atoms with Crippen LogP contribution in [0, 0.1) is 0 Å². The second kappa shape index (κ2) is 8.56. The van der Waals surface area contributed by atoms with E-state index in [4.69, 9.17) is 14.2 Å². The number of aromatic nitrogens is 4. The molecule has 0 unspecified atom stereocenters. The molecule has 0 radical (unpaired) electrons. The van der Waals surface area contributed by atoms with E-state index in [9.17, 15) is 0 Å². The van der Waals surface area contributed by atoms with E-state index in [-0.39, 0.29) is 0 Å². The molecule has 0 spiro atoms. The first-order valence-electron chi connectivity index (χ1n) is 9.27. The van der Waals surface area contributed by atoms with Crippen LogP contribution in [0.25, 0.3) is 11.2 Å². The van der Waals surface area contributed by atoms with Gasteiger partial charge in [-0.25, -0.2) is 9.97 Å². The van der Waals surface area contributed by atoms with Crippen LogP contribution >= 0.6 is 0 Å². The van der Waals surface area contributed by atoms with Gasteiger partial charge >= 0.3 is 0 Å². The van der Waals surface area contributed by atoms with Gasteiger partial charge in [-0.1, -0.05) is 30.3 Å². The first-order chi connectivity index (χ1) is 14.7. The highest BCUT2D eigenvalue weighted by Gasteiger charge is 2.15. The monoisotopic (exact) mass is 406 g/mol. The Morgan fingerprint density at radius 1 is 0.933 bits per heavy atom. The summed E-state index contributed by atoms with van der Waals surface area (Å²) < 4.78 is 16.2. The van der Waals surface area contributed by atoms with Crippen LogP contribution in [-0.2, 0) is 6.54 Å². The van der Waals surface area contributed by atoms with E-state index in [1.54, 1.807) is 33.5 Å². The molecule has 3 N–H and O–H groups in total. The summed E-state index contributed by atoms with van der Waals surface area (Å²) in [5.41, 5.74) is 3.13. The molecule has 2 heterocycles. The summed E-state index contributed by atoms with van der Waals surface area (Å²) in [6.07, 6.45) is 1.49. The number of hydrogen-bond acceptors (Lipinski definition) is 8. The van der Waals surface area contributed by atoms with Gasteiger partial charge < -0.3 is 29.8 Å². The van der Waals surface area contributed by atoms with Crippen LogP contribution in [0.2, 0.25) is 0 Å². The molecule has 0 saturated heterocycles. The van der Waals surface area contributed by atoms with Crippen molar-refractivity contribution in [3.63, 3.8) is 0 Å². The maximum atomic E-state index is 5.40. The van der Waals surface area contributed by atoms with Gasteiger partial charge in [-0.05, 0) is 5.56 Å². The van der Waals surface area contributed by atoms with Crippen LogP contribution in [0.4, 0.5) is 17.5 Å². The van der Waals surface area contributed by atoms with Crippen molar-refractivity contribution in [3.05, 3.63) is 54.4 Å². The fourth-order valence-electron chi connectivity index (χ4n) is 3.09. The molecule has 0 saturated carbocycles. The minimum absolute atomic E-state index is 0.516. The molecule has 2 aromatic heterocycles. The Bertz CT molecular complexity index is 1120. The molecule has 0 aliphatic heterocycles. The number of nitrogens with one attached hydrogen (secondary N) is 3. The Morgan fingerprint density at radius 3 is 2.33 bits per heavy atom. The van der Waals surface area contributed by atoms with E-state index in [1.807, 2.05) is 18.2 Å². The highest BCUT2D eigenvalue weighted by atomic mass is 16.5. The molecule has 4 rings (SSSR count). The number of rotatable bonds is 8. The smallest absolute Gasteiger partial charge is 0.207 e. The number of anilines is 3. The van der Waals surface area contributed by atoms with Crippen molar-refractivity contribution in [2.24, 2.45) is 0 Å². The predicted octanol–water partition coefficient (Wildman–Crippen LogP) is 3.73. The van der Waals surface area contributed by atoms with Gasteiger partial charge in [-0.3, -0.25) is 0 Å². The van der Waals surface area contributed by atoms with E-state index in [0.29, 0.717) is 46.7 Å². The van der Waals surface area contributed by atoms with Crippen molar-refractivity contribution in [2.45, 2.75) is 6.54 Å². The van der Waals surface area contributed by atoms with E-state index >= 15 is 0 Å². The van der Waals surface area contributed by atoms with Crippen LogP contribution in [0.3, 0.4) is 0 Å². The number of methoxy groups -OCH3 is 3. The molecule has 0 fully saturated rings. The Hall–Kier alpha value is -4.01. The summed E-state index contributed by atoms with van der Waals surface area (Å²) in [6, 6.07) is 13.7. The molecular weight excluding hydrogens is 384 g/mol. The summed E-state index contributed by atoms with van der Waals surface area (Å²) >= 11 is 0. The third-order valence-electron chi connectivity index (χ3n) is 4.52. The number of imidazole rings is 1. The van der Waals surface area contributed by atoms with Crippen LogP contribution in [0.1, 0.15) is 5.56 Å². The molecule has 154 valence electrons. The lowest BCUT2D eigenvalue weighted by Gasteiger charge is -2.14. The van der Waals surface area contributed by atoms with Gasteiger partial charge in [-0.2, -0.15) is 4.98 Å². The lowest BCUT2D eigenvalue weighted by molar-refractivity contribution is 0.324. The zero-order valence-corrected chi connectivity index (χ0v) is 16.9. The number of benzene rings is 2. The molecule has 0 bridgehead atoms. The molecule has 2 aromatic carbocycles. The van der Waals surface area contributed by atoms with Crippen molar-refractivity contribution in [1.82, 2.24) is 19.9 Å². The summed E-state index contributed by atoms with van der Waals surface area (Å²) in [4.78, 5) is 16.3. The number of ether oxygens (including phenoxy) is 3. The number of fused-ring (bicyclic) bond motifs is 1. The molecule has 9 nitrogen and oxygen atoms in total. The summed E-state index contributed by atoms with van der Waals surface area (Å²) in [5.74, 6) is 2.80. The molecule has 4 aromatic rings. The lowest BCUT2D eigenvalue weighted by atomic mass is 10.2. The summed E-state index contributed by atoms with van der Waals surface area (Å²) in [7, 11) is 4.71. The number of nitrogens with zero attached hydrogens (tertiary/aromatic N) is 3. The second-order valence-electron chi connectivity index (χ2n) is 6.38. The van der Waals surface area contributed by atoms with Gasteiger partial charge in [0, 0.05) is 24.4 Å². The second-order valence-corrected chi connectivity index (χ2v) is 6.38. The number of aromatic amines is 1. The maximum absolute atomic E-state index is 5.40. The number of H-pyrrole nitrogens is 1. The molecule has 9 heteroatoms. The molecule has 0 aliphatic rings. The Kier molecular flexibility index (Phi) is 5.51. The van der Waals surface area contributed by atoms with Gasteiger partial charge in [0.2, 0.25) is 11.7 Å². The zero-order chi connectivity index (χ0) is 20.9. The fourth-order valence-corrected chi connectivity index (χ4v) is 3.09. The largest absolute Gasteiger partial charge is 0.493 e. The third kappa shape index (κ3) is 3.90. The SMILES string of the molecule is COc1cc(Nc2nc3ncnc(NCc4ccccc4)c3[nH]2)cc(OC)c1OC. The molecule has 0 aliphatic carbocycles. The average Bonchev–Trinajstić information content (AvgIpc) is 3.20. The maximum Gasteiger partial charge on any atom is 0.207 e. The lowest BCUT2D eigenvalue weighted by Crippen LogP contribution is -2.02. The summed E-state index contributed by atoms with van der Waals surface area (Å²) in [6.45, 7) is 0.640. The Labute approximate surface area is 173 Å². The van der Waals surface area contributed by atoms with Crippen molar-refractivity contribution in [3.8, 4) is 17.2 Å². The van der Waals surface area contributed by atoms with E-state index < -0.39 is 0 Å². The quantitative estimate of drug-likeness (QED) is 0.406. The topological polar surface area (TPSA) is 106 Å². The highest BCUT2D eigenvalue weighted by molar-refractivity contribution is 5.85. The van der Waals surface area contributed by atoms with E-state index in [1.165, 1.54) is 6.33 Å². The van der Waals surface area contributed by atoms with Crippen LogP contribution in [-0.4, -0.2) is 41.3 Å². The Balaban J connectivity index is 1.60. The molecular formula is C21H22N6O3. The van der Waals surface area contributed by atoms with Gasteiger partial charge in [0.1, 0.15) is 11.8 Å². The third-order valence-corrected chi connectivity index (χ3v) is 4.52.